The van der Waals surface area contributed by atoms with Gasteiger partial charge in [0.15, 0.2) is 0 Å². The monoisotopic (exact) mass is 361 g/mol. The minimum atomic E-state index is -0.735. The summed E-state index contributed by atoms with van der Waals surface area (Å²) in [5.41, 5.74) is 2.24. The highest BCUT2D eigenvalue weighted by Crippen LogP contribution is 2.17. The Morgan fingerprint density at radius 3 is 2.38 bits per heavy atom. The molecule has 7 heteroatoms. The molecule has 0 saturated carbocycles. The number of amides is 3. The van der Waals surface area contributed by atoms with Crippen LogP contribution in [0.4, 0.5) is 13.6 Å². The summed E-state index contributed by atoms with van der Waals surface area (Å²) in [6, 6.07) is 9.71. The molecule has 26 heavy (non-hydrogen) atoms. The smallest absolute Gasteiger partial charge is 0.315 e. The van der Waals surface area contributed by atoms with Crippen LogP contribution in [0.5, 0.6) is 0 Å². The summed E-state index contributed by atoms with van der Waals surface area (Å²) in [5, 5.41) is 7.62. The van der Waals surface area contributed by atoms with Crippen molar-refractivity contribution in [3.05, 3.63) is 70.8 Å². The largest absolute Gasteiger partial charge is 0.348 e. The van der Waals surface area contributed by atoms with E-state index < -0.39 is 29.6 Å². The Morgan fingerprint density at radius 2 is 1.73 bits per heavy atom. The number of halogens is 2. The lowest BCUT2D eigenvalue weighted by molar-refractivity contribution is -0.120. The summed E-state index contributed by atoms with van der Waals surface area (Å²) in [5.74, 6) is -1.90. The summed E-state index contributed by atoms with van der Waals surface area (Å²) in [4.78, 5) is 23.6. The van der Waals surface area contributed by atoms with Gasteiger partial charge >= 0.3 is 6.03 Å². The van der Waals surface area contributed by atoms with Crippen molar-refractivity contribution in [2.45, 2.75) is 26.4 Å². The van der Waals surface area contributed by atoms with E-state index in [4.69, 9.17) is 0 Å². The number of aryl methyl sites for hydroxylation is 1. The van der Waals surface area contributed by atoms with Gasteiger partial charge in [-0.2, -0.15) is 0 Å². The van der Waals surface area contributed by atoms with Crippen molar-refractivity contribution in [3.63, 3.8) is 0 Å². The predicted molar refractivity (Wildman–Crippen MR) is 94.3 cm³/mol. The fraction of sp³-hybridized carbons (Fsp3) is 0.263. The van der Waals surface area contributed by atoms with Crippen LogP contribution < -0.4 is 16.0 Å². The SMILES string of the molecule is Cc1ccc(CNC(=O)NCC(=O)NC(C)c2ccc(F)cc2F)cc1. The molecule has 0 spiro atoms. The van der Waals surface area contributed by atoms with Crippen molar-refractivity contribution in [1.29, 1.82) is 0 Å². The number of carbonyl (C=O) groups is 2. The average molecular weight is 361 g/mol. The molecule has 0 aliphatic rings. The average Bonchev–Trinajstić information content (AvgIpc) is 2.59. The lowest BCUT2D eigenvalue weighted by Gasteiger charge is -2.15. The Hall–Kier alpha value is -2.96. The molecule has 5 nitrogen and oxygen atoms in total. The minimum Gasteiger partial charge on any atom is -0.348 e. The molecule has 138 valence electrons. The van der Waals surface area contributed by atoms with Crippen molar-refractivity contribution in [2.24, 2.45) is 0 Å². The van der Waals surface area contributed by atoms with Gasteiger partial charge in [-0.1, -0.05) is 35.9 Å². The number of carbonyl (C=O) groups excluding carboxylic acids is 2. The van der Waals surface area contributed by atoms with E-state index in [1.807, 2.05) is 31.2 Å². The Balaban J connectivity index is 1.75. The normalized spacial score (nSPS) is 11.5. The molecular formula is C19H21F2N3O2. The van der Waals surface area contributed by atoms with Crippen LogP contribution in [0.1, 0.15) is 29.7 Å². The van der Waals surface area contributed by atoms with E-state index in [9.17, 15) is 18.4 Å². The molecule has 0 aromatic heterocycles. The molecule has 0 aliphatic carbocycles. The minimum absolute atomic E-state index is 0.170. The van der Waals surface area contributed by atoms with Crippen molar-refractivity contribution in [1.82, 2.24) is 16.0 Å². The molecule has 0 fully saturated rings. The topological polar surface area (TPSA) is 70.2 Å². The maximum absolute atomic E-state index is 13.7. The van der Waals surface area contributed by atoms with Gasteiger partial charge in [-0.3, -0.25) is 4.79 Å². The lowest BCUT2D eigenvalue weighted by atomic mass is 10.1. The van der Waals surface area contributed by atoms with Gasteiger partial charge in [0.2, 0.25) is 5.91 Å². The third-order valence-electron chi connectivity index (χ3n) is 3.79. The van der Waals surface area contributed by atoms with Crippen LogP contribution in [0.2, 0.25) is 0 Å². The molecule has 0 heterocycles. The van der Waals surface area contributed by atoms with Crippen LogP contribution in [0.15, 0.2) is 42.5 Å². The van der Waals surface area contributed by atoms with Crippen LogP contribution in [-0.4, -0.2) is 18.5 Å². The number of benzene rings is 2. The van der Waals surface area contributed by atoms with Crippen LogP contribution in [0.3, 0.4) is 0 Å². The fourth-order valence-electron chi connectivity index (χ4n) is 2.33. The second kappa shape index (κ2) is 8.94. The summed E-state index contributed by atoms with van der Waals surface area (Å²) >= 11 is 0. The van der Waals surface area contributed by atoms with Crippen molar-refractivity contribution >= 4 is 11.9 Å². The number of rotatable bonds is 6. The van der Waals surface area contributed by atoms with Gasteiger partial charge in [0.25, 0.3) is 0 Å². The fourth-order valence-corrected chi connectivity index (χ4v) is 2.33. The van der Waals surface area contributed by atoms with E-state index in [1.54, 1.807) is 6.92 Å². The number of hydrogen-bond donors (Lipinski definition) is 3. The molecule has 2 aromatic rings. The summed E-state index contributed by atoms with van der Waals surface area (Å²) < 4.78 is 26.6. The second-order valence-electron chi connectivity index (χ2n) is 5.98. The van der Waals surface area contributed by atoms with E-state index in [2.05, 4.69) is 16.0 Å². The molecule has 0 bridgehead atoms. The zero-order valence-corrected chi connectivity index (χ0v) is 14.6. The predicted octanol–water partition coefficient (Wildman–Crippen LogP) is 2.95. The Labute approximate surface area is 150 Å². The van der Waals surface area contributed by atoms with Crippen molar-refractivity contribution in [2.75, 3.05) is 6.54 Å². The highest BCUT2D eigenvalue weighted by molar-refractivity contribution is 5.84. The highest BCUT2D eigenvalue weighted by atomic mass is 19.1. The van der Waals surface area contributed by atoms with Crippen molar-refractivity contribution in [3.8, 4) is 0 Å². The van der Waals surface area contributed by atoms with Crippen LogP contribution in [-0.2, 0) is 11.3 Å². The van der Waals surface area contributed by atoms with Gasteiger partial charge in [0.1, 0.15) is 11.6 Å². The van der Waals surface area contributed by atoms with Gasteiger partial charge in [0.05, 0.1) is 12.6 Å². The van der Waals surface area contributed by atoms with E-state index >= 15 is 0 Å². The first-order chi connectivity index (χ1) is 12.3. The van der Waals surface area contributed by atoms with Gasteiger partial charge in [-0.15, -0.1) is 0 Å². The Kier molecular flexibility index (Phi) is 6.66. The van der Waals surface area contributed by atoms with Gasteiger partial charge < -0.3 is 16.0 Å². The quantitative estimate of drug-likeness (QED) is 0.740. The van der Waals surface area contributed by atoms with Gasteiger partial charge in [0, 0.05) is 18.2 Å². The number of hydrogen-bond acceptors (Lipinski definition) is 2. The Morgan fingerprint density at radius 1 is 1.04 bits per heavy atom. The third-order valence-corrected chi connectivity index (χ3v) is 3.79. The molecule has 3 N–H and O–H groups in total. The molecule has 0 aliphatic heterocycles. The molecule has 1 unspecified atom stereocenters. The molecule has 2 aromatic carbocycles. The van der Waals surface area contributed by atoms with E-state index in [1.165, 1.54) is 6.07 Å². The summed E-state index contributed by atoms with van der Waals surface area (Å²) in [7, 11) is 0. The van der Waals surface area contributed by atoms with E-state index in [0.29, 0.717) is 6.54 Å². The standard InChI is InChI=1S/C19H21F2N3O2/c1-12-3-5-14(6-4-12)10-22-19(26)23-11-18(25)24-13(2)16-8-7-15(20)9-17(16)21/h3-9,13H,10-11H2,1-2H3,(H,24,25)(H2,22,23,26). The molecule has 2 rings (SSSR count). The Bertz CT molecular complexity index is 779. The maximum Gasteiger partial charge on any atom is 0.315 e. The molecular weight excluding hydrogens is 340 g/mol. The van der Waals surface area contributed by atoms with Crippen LogP contribution in [0, 0.1) is 18.6 Å². The summed E-state index contributed by atoms with van der Waals surface area (Å²) in [6.45, 7) is 3.63. The molecule has 0 radical (unpaired) electrons. The van der Waals surface area contributed by atoms with Crippen LogP contribution >= 0.6 is 0 Å². The molecule has 0 saturated heterocycles. The molecule has 1 atom stereocenters. The zero-order chi connectivity index (χ0) is 19.1. The maximum atomic E-state index is 13.7. The second-order valence-corrected chi connectivity index (χ2v) is 5.98. The van der Waals surface area contributed by atoms with Crippen molar-refractivity contribution < 1.29 is 18.4 Å². The van der Waals surface area contributed by atoms with Crippen LogP contribution in [0.25, 0.3) is 0 Å². The summed E-state index contributed by atoms with van der Waals surface area (Å²) in [6.07, 6.45) is 0. The highest BCUT2D eigenvalue weighted by Gasteiger charge is 2.14. The van der Waals surface area contributed by atoms with E-state index in [0.717, 1.165) is 23.3 Å². The first-order valence-corrected chi connectivity index (χ1v) is 8.16. The third kappa shape index (κ3) is 5.84. The first kappa shape index (κ1) is 19.4. The van der Waals surface area contributed by atoms with E-state index in [-0.39, 0.29) is 12.1 Å². The van der Waals surface area contributed by atoms with Gasteiger partial charge in [-0.05, 0) is 25.5 Å². The first-order valence-electron chi connectivity index (χ1n) is 8.16. The van der Waals surface area contributed by atoms with Gasteiger partial charge in [-0.25, -0.2) is 13.6 Å². The number of nitrogens with one attached hydrogen (secondary N) is 3. The lowest BCUT2D eigenvalue weighted by Crippen LogP contribution is -2.42. The molecule has 3 amide bonds. The number of urea groups is 1. The zero-order valence-electron chi connectivity index (χ0n) is 14.6.